The van der Waals surface area contributed by atoms with Gasteiger partial charge in [-0.25, -0.2) is 0 Å². The average Bonchev–Trinajstić information content (AvgIpc) is 3.21. The van der Waals surface area contributed by atoms with Gasteiger partial charge < -0.3 is 14.5 Å². The lowest BCUT2D eigenvalue weighted by molar-refractivity contribution is -0.385. The third-order valence-electron chi connectivity index (χ3n) is 6.24. The molecule has 0 bridgehead atoms. The molecule has 4 rings (SSSR count). The molecule has 0 aromatic heterocycles. The van der Waals surface area contributed by atoms with Gasteiger partial charge in [-0.1, -0.05) is 6.07 Å². The number of rotatable bonds is 4. The number of amides is 2. The summed E-state index contributed by atoms with van der Waals surface area (Å²) in [5.41, 5.74) is 1.42. The molecule has 0 atom stereocenters. The molecular weight excluding hydrogens is 430 g/mol. The summed E-state index contributed by atoms with van der Waals surface area (Å²) in [4.78, 5) is 40.3. The molecular formula is C23H25N3O5S. The van der Waals surface area contributed by atoms with Crippen LogP contribution in [-0.2, 0) is 0 Å². The van der Waals surface area contributed by atoms with Crippen molar-refractivity contribution in [2.45, 2.75) is 24.6 Å². The highest BCUT2D eigenvalue weighted by Crippen LogP contribution is 2.44. The summed E-state index contributed by atoms with van der Waals surface area (Å²) in [6.45, 7) is 3.33. The molecule has 8 nitrogen and oxygen atoms in total. The molecule has 0 unspecified atom stereocenters. The van der Waals surface area contributed by atoms with Gasteiger partial charge in [-0.05, 0) is 50.1 Å². The Morgan fingerprint density at radius 2 is 1.69 bits per heavy atom. The minimum absolute atomic E-state index is 0.00779. The molecule has 0 saturated carbocycles. The topological polar surface area (TPSA) is 93.0 Å². The third-order valence-corrected chi connectivity index (χ3v) is 7.80. The number of nitro groups is 1. The van der Waals surface area contributed by atoms with Crippen molar-refractivity contribution in [3.05, 3.63) is 69.3 Å². The fourth-order valence-corrected chi connectivity index (χ4v) is 5.83. The monoisotopic (exact) mass is 455 g/mol. The van der Waals surface area contributed by atoms with Gasteiger partial charge in [0.25, 0.3) is 17.5 Å². The Morgan fingerprint density at radius 1 is 1.03 bits per heavy atom. The second-order valence-corrected chi connectivity index (χ2v) is 9.49. The van der Waals surface area contributed by atoms with E-state index in [1.807, 2.05) is 4.90 Å². The van der Waals surface area contributed by atoms with Crippen molar-refractivity contribution in [1.82, 2.24) is 9.80 Å². The number of carbonyl (C=O) groups is 2. The van der Waals surface area contributed by atoms with Crippen molar-refractivity contribution in [3.63, 3.8) is 0 Å². The normalized spacial score (nSPS) is 17.4. The van der Waals surface area contributed by atoms with E-state index in [2.05, 4.69) is 0 Å². The number of hydrogen-bond donors (Lipinski definition) is 0. The molecule has 2 aliphatic heterocycles. The van der Waals surface area contributed by atoms with Crippen molar-refractivity contribution in [3.8, 4) is 5.75 Å². The van der Waals surface area contributed by atoms with Crippen molar-refractivity contribution >= 4 is 29.3 Å². The third kappa shape index (κ3) is 4.04. The average molecular weight is 456 g/mol. The second kappa shape index (κ2) is 8.82. The van der Waals surface area contributed by atoms with Gasteiger partial charge in [-0.15, -0.1) is 11.8 Å². The lowest BCUT2D eigenvalue weighted by Crippen LogP contribution is -2.53. The zero-order valence-electron chi connectivity index (χ0n) is 18.1. The number of methoxy groups -OCH3 is 1. The van der Waals surface area contributed by atoms with E-state index in [0.29, 0.717) is 54.9 Å². The van der Waals surface area contributed by atoms with Crippen molar-refractivity contribution in [2.24, 2.45) is 0 Å². The molecule has 9 heteroatoms. The number of nitrogens with zero attached hydrogens (tertiary/aromatic N) is 3. The van der Waals surface area contributed by atoms with Gasteiger partial charge >= 0.3 is 0 Å². The van der Waals surface area contributed by atoms with Crippen LogP contribution in [0.15, 0.2) is 42.5 Å². The highest BCUT2D eigenvalue weighted by Gasteiger charge is 2.47. The van der Waals surface area contributed by atoms with Gasteiger partial charge in [0.05, 0.1) is 16.9 Å². The molecule has 0 radical (unpaired) electrons. The number of likely N-dealkylation sites (tertiary alicyclic amines) is 1. The first-order valence-corrected chi connectivity index (χ1v) is 11.5. The van der Waals surface area contributed by atoms with Gasteiger partial charge in [0.1, 0.15) is 5.75 Å². The van der Waals surface area contributed by atoms with Crippen LogP contribution in [0.3, 0.4) is 0 Å². The Kier molecular flexibility index (Phi) is 6.10. The fourth-order valence-electron chi connectivity index (χ4n) is 4.38. The Hall–Kier alpha value is -3.07. The van der Waals surface area contributed by atoms with E-state index in [-0.39, 0.29) is 22.4 Å². The largest absolute Gasteiger partial charge is 0.497 e. The summed E-state index contributed by atoms with van der Waals surface area (Å²) in [7, 11) is 1.59. The smallest absolute Gasteiger partial charge is 0.273 e. The van der Waals surface area contributed by atoms with E-state index >= 15 is 0 Å². The zero-order valence-corrected chi connectivity index (χ0v) is 18.9. The molecule has 2 aliphatic rings. The lowest BCUT2D eigenvalue weighted by Gasteiger charge is -2.44. The van der Waals surface area contributed by atoms with Gasteiger partial charge in [0.15, 0.2) is 0 Å². The SMILES string of the molecule is COc1ccc(C(=O)N2CCSC23CCN(C(=O)c2ccc(C)c([N+](=O)[O-])c2)CC3)cc1. The second-order valence-electron chi connectivity index (χ2n) is 8.03. The van der Waals surface area contributed by atoms with E-state index in [1.165, 1.54) is 6.07 Å². The van der Waals surface area contributed by atoms with Crippen LogP contribution in [0.1, 0.15) is 39.1 Å². The van der Waals surface area contributed by atoms with Gasteiger partial charge in [0.2, 0.25) is 0 Å². The molecule has 2 fully saturated rings. The maximum Gasteiger partial charge on any atom is 0.273 e. The van der Waals surface area contributed by atoms with Crippen LogP contribution in [0.5, 0.6) is 5.75 Å². The summed E-state index contributed by atoms with van der Waals surface area (Å²) in [5, 5.41) is 11.2. The summed E-state index contributed by atoms with van der Waals surface area (Å²) < 4.78 is 5.18. The molecule has 2 amide bonds. The Labute approximate surface area is 190 Å². The van der Waals surface area contributed by atoms with Crippen molar-refractivity contribution < 1.29 is 19.2 Å². The minimum atomic E-state index is -0.463. The summed E-state index contributed by atoms with van der Waals surface area (Å²) in [6, 6.07) is 11.7. The molecule has 2 saturated heterocycles. The van der Waals surface area contributed by atoms with Crippen molar-refractivity contribution in [2.75, 3.05) is 32.5 Å². The van der Waals surface area contributed by atoms with E-state index in [9.17, 15) is 19.7 Å². The maximum absolute atomic E-state index is 13.2. The Balaban J connectivity index is 1.47. The highest BCUT2D eigenvalue weighted by atomic mass is 32.2. The quantitative estimate of drug-likeness (QED) is 0.515. The molecule has 2 heterocycles. The molecule has 32 heavy (non-hydrogen) atoms. The first kappa shape index (κ1) is 22.1. The molecule has 0 aliphatic carbocycles. The summed E-state index contributed by atoms with van der Waals surface area (Å²) in [6.07, 6.45) is 1.33. The number of ether oxygens (including phenoxy) is 1. The van der Waals surface area contributed by atoms with Crippen LogP contribution in [0.25, 0.3) is 0 Å². The number of benzene rings is 2. The predicted molar refractivity (Wildman–Crippen MR) is 122 cm³/mol. The van der Waals surface area contributed by atoms with Crippen LogP contribution in [0, 0.1) is 17.0 Å². The van der Waals surface area contributed by atoms with Crippen LogP contribution >= 0.6 is 11.8 Å². The molecule has 1 spiro atoms. The first-order chi connectivity index (χ1) is 15.3. The number of aryl methyl sites for hydroxylation is 1. The zero-order chi connectivity index (χ0) is 22.9. The van der Waals surface area contributed by atoms with Crippen LogP contribution in [0.2, 0.25) is 0 Å². The fraction of sp³-hybridized carbons (Fsp3) is 0.391. The number of hydrogen-bond acceptors (Lipinski definition) is 6. The van der Waals surface area contributed by atoms with Gasteiger partial charge in [-0.2, -0.15) is 0 Å². The Bertz CT molecular complexity index is 1050. The van der Waals surface area contributed by atoms with Crippen LogP contribution in [0.4, 0.5) is 5.69 Å². The lowest BCUT2D eigenvalue weighted by atomic mass is 9.99. The highest BCUT2D eigenvalue weighted by molar-refractivity contribution is 8.00. The number of piperidine rings is 1. The van der Waals surface area contributed by atoms with Crippen LogP contribution < -0.4 is 4.74 Å². The first-order valence-electron chi connectivity index (χ1n) is 10.5. The van der Waals surface area contributed by atoms with Crippen molar-refractivity contribution in [1.29, 1.82) is 0 Å². The minimum Gasteiger partial charge on any atom is -0.497 e. The van der Waals surface area contributed by atoms with E-state index < -0.39 is 4.92 Å². The predicted octanol–water partition coefficient (Wildman–Crippen LogP) is 3.73. The van der Waals surface area contributed by atoms with E-state index in [0.717, 1.165) is 5.75 Å². The number of carbonyl (C=O) groups excluding carboxylic acids is 2. The number of nitro benzene ring substituents is 1. The van der Waals surface area contributed by atoms with Gasteiger partial charge in [0, 0.05) is 48.1 Å². The van der Waals surface area contributed by atoms with E-state index in [1.54, 1.807) is 67.1 Å². The van der Waals surface area contributed by atoms with Gasteiger partial charge in [-0.3, -0.25) is 19.7 Å². The Morgan fingerprint density at radius 3 is 2.31 bits per heavy atom. The van der Waals surface area contributed by atoms with Crippen LogP contribution in [-0.4, -0.2) is 63.9 Å². The maximum atomic E-state index is 13.2. The standard InChI is InChI=1S/C23H25N3O5S/c1-16-3-4-18(15-20(16)26(29)30)21(27)24-11-9-23(10-12-24)25(13-14-32-23)22(28)17-5-7-19(31-2)8-6-17/h3-8,15H,9-14H2,1-2H3. The molecule has 2 aromatic rings. The number of thioether (sulfide) groups is 1. The molecule has 0 N–H and O–H groups in total. The summed E-state index contributed by atoms with van der Waals surface area (Å²) in [5.74, 6) is 1.35. The molecule has 168 valence electrons. The molecule has 2 aromatic carbocycles. The van der Waals surface area contributed by atoms with E-state index in [4.69, 9.17) is 4.74 Å². The summed E-state index contributed by atoms with van der Waals surface area (Å²) >= 11 is 1.78.